The van der Waals surface area contributed by atoms with Crippen LogP contribution in [0.25, 0.3) is 0 Å². The number of rotatable bonds is 13. The van der Waals surface area contributed by atoms with Gasteiger partial charge in [-0.05, 0) is 52.1 Å². The minimum atomic E-state index is -1.55. The summed E-state index contributed by atoms with van der Waals surface area (Å²) in [6.07, 6.45) is -2.11. The molecule has 2 bridgehead atoms. The lowest BCUT2D eigenvalue weighted by atomic mass is 9.82. The van der Waals surface area contributed by atoms with E-state index in [4.69, 9.17) is 35.3 Å². The molecule has 2 aliphatic heterocycles. The number of aliphatic hydroxyl groups is 1. The van der Waals surface area contributed by atoms with Crippen LogP contribution in [0.4, 0.5) is 4.39 Å². The molecule has 0 radical (unpaired) electrons. The summed E-state index contributed by atoms with van der Waals surface area (Å²) in [5.41, 5.74) is 3.48. The fourth-order valence-corrected chi connectivity index (χ4v) is 6.81. The van der Waals surface area contributed by atoms with Crippen molar-refractivity contribution in [1.29, 1.82) is 0 Å². The molecule has 0 amide bonds. The Labute approximate surface area is 290 Å². The van der Waals surface area contributed by atoms with E-state index in [1.165, 1.54) is 6.07 Å². The summed E-state index contributed by atoms with van der Waals surface area (Å²) >= 11 is 6.12. The standard InChI is InChI=1S/C41H38ClFO6/c42-35-19-16-29(17-20-35)22-33-23-34(18-21-36(33)43)41-39(47-26-32-14-8-3-9-15-32)37(45-24-30-10-4-1-5-11-30)38(40(27-44,49-41)28-48-41)46-25-31-12-6-2-7-13-31/h1-21,23,37-39,44H,22,24-28H2/t37-,38-,39?,40?,41?/m0/s1. The first-order valence-electron chi connectivity index (χ1n) is 16.4. The van der Waals surface area contributed by atoms with Gasteiger partial charge in [0.1, 0.15) is 29.7 Å². The zero-order valence-electron chi connectivity index (χ0n) is 26.9. The van der Waals surface area contributed by atoms with E-state index in [0.29, 0.717) is 22.6 Å². The zero-order chi connectivity index (χ0) is 33.7. The maximum absolute atomic E-state index is 15.4. The normalized spacial score (nSPS) is 24.6. The minimum absolute atomic E-state index is 0.00322. The van der Waals surface area contributed by atoms with Gasteiger partial charge < -0.3 is 28.8 Å². The Morgan fingerprint density at radius 1 is 0.673 bits per heavy atom. The number of hydrogen-bond acceptors (Lipinski definition) is 6. The van der Waals surface area contributed by atoms with E-state index in [9.17, 15) is 5.11 Å². The van der Waals surface area contributed by atoms with Gasteiger partial charge in [0.05, 0.1) is 33.0 Å². The van der Waals surface area contributed by atoms with Crippen LogP contribution in [-0.2, 0) is 55.7 Å². The molecule has 1 N–H and O–H groups in total. The van der Waals surface area contributed by atoms with Gasteiger partial charge in [-0.2, -0.15) is 0 Å². The number of halogens is 2. The molecular weight excluding hydrogens is 643 g/mol. The zero-order valence-corrected chi connectivity index (χ0v) is 27.7. The maximum atomic E-state index is 15.4. The van der Waals surface area contributed by atoms with Gasteiger partial charge in [-0.3, -0.25) is 0 Å². The summed E-state index contributed by atoms with van der Waals surface area (Å²) in [5.74, 6) is -1.91. The molecule has 3 unspecified atom stereocenters. The first kappa shape index (κ1) is 33.6. The molecule has 252 valence electrons. The van der Waals surface area contributed by atoms with Gasteiger partial charge in [0.25, 0.3) is 0 Å². The SMILES string of the molecule is OCC12COC(c3ccc(F)c(Cc4ccc(Cl)cc4)c3)(O1)C(OCc1ccccc1)[C@@H](OCc1ccccc1)[C@@H]2OCc1ccccc1. The van der Waals surface area contributed by atoms with Gasteiger partial charge in [-0.15, -0.1) is 0 Å². The molecule has 8 heteroatoms. The number of aliphatic hydroxyl groups excluding tert-OH is 1. The number of hydrogen-bond donors (Lipinski definition) is 1. The lowest BCUT2D eigenvalue weighted by Crippen LogP contribution is -2.67. The molecule has 2 fully saturated rings. The van der Waals surface area contributed by atoms with Crippen LogP contribution >= 0.6 is 11.6 Å². The van der Waals surface area contributed by atoms with Crippen molar-refractivity contribution in [3.05, 3.63) is 178 Å². The molecule has 0 spiro atoms. The molecule has 0 saturated carbocycles. The molecule has 0 aliphatic carbocycles. The topological polar surface area (TPSA) is 66.4 Å². The van der Waals surface area contributed by atoms with Gasteiger partial charge in [0.2, 0.25) is 5.79 Å². The highest BCUT2D eigenvalue weighted by atomic mass is 35.5. The monoisotopic (exact) mass is 680 g/mol. The van der Waals surface area contributed by atoms with Gasteiger partial charge in [0, 0.05) is 17.0 Å². The number of benzene rings is 5. The van der Waals surface area contributed by atoms with E-state index < -0.39 is 36.3 Å². The van der Waals surface area contributed by atoms with Crippen molar-refractivity contribution in [1.82, 2.24) is 0 Å². The maximum Gasteiger partial charge on any atom is 0.225 e. The van der Waals surface area contributed by atoms with Crippen molar-refractivity contribution in [2.45, 2.75) is 55.9 Å². The van der Waals surface area contributed by atoms with Crippen LogP contribution in [0.2, 0.25) is 5.02 Å². The molecule has 5 atom stereocenters. The molecule has 2 saturated heterocycles. The highest BCUT2D eigenvalue weighted by Gasteiger charge is 2.69. The third-order valence-corrected chi connectivity index (χ3v) is 9.48. The average molecular weight is 681 g/mol. The Morgan fingerprint density at radius 2 is 1.22 bits per heavy atom. The quantitative estimate of drug-likeness (QED) is 0.137. The van der Waals surface area contributed by atoms with E-state index in [1.807, 2.05) is 103 Å². The van der Waals surface area contributed by atoms with Crippen LogP contribution in [0.15, 0.2) is 133 Å². The molecule has 5 aromatic carbocycles. The van der Waals surface area contributed by atoms with Crippen LogP contribution in [-0.4, -0.2) is 42.2 Å². The van der Waals surface area contributed by atoms with E-state index in [-0.39, 0.29) is 32.2 Å². The summed E-state index contributed by atoms with van der Waals surface area (Å²) in [6.45, 7) is 0.334. The molecule has 49 heavy (non-hydrogen) atoms. The first-order chi connectivity index (χ1) is 24.0. The van der Waals surface area contributed by atoms with E-state index in [1.54, 1.807) is 24.3 Å². The van der Waals surface area contributed by atoms with E-state index >= 15 is 4.39 Å². The van der Waals surface area contributed by atoms with E-state index in [2.05, 4.69) is 0 Å². The van der Waals surface area contributed by atoms with Gasteiger partial charge in [0.15, 0.2) is 0 Å². The van der Waals surface area contributed by atoms with Crippen molar-refractivity contribution in [2.75, 3.05) is 13.2 Å². The van der Waals surface area contributed by atoms with Crippen LogP contribution in [0.5, 0.6) is 0 Å². The molecular formula is C41H38ClFO6. The summed E-state index contributed by atoms with van der Waals surface area (Å²) < 4.78 is 49.2. The molecule has 7 rings (SSSR count). The van der Waals surface area contributed by atoms with Crippen molar-refractivity contribution in [3.63, 3.8) is 0 Å². The Hall–Kier alpha value is -3.92. The summed E-state index contributed by atoms with van der Waals surface area (Å²) in [7, 11) is 0. The average Bonchev–Trinajstić information content (AvgIpc) is 3.50. The van der Waals surface area contributed by atoms with Gasteiger partial charge >= 0.3 is 0 Å². The Bertz CT molecular complexity index is 1810. The Kier molecular flexibility index (Phi) is 10.2. The lowest BCUT2D eigenvalue weighted by molar-refractivity contribution is -0.353. The van der Waals surface area contributed by atoms with Gasteiger partial charge in [-0.1, -0.05) is 121 Å². The summed E-state index contributed by atoms with van der Waals surface area (Å²) in [4.78, 5) is 0. The van der Waals surface area contributed by atoms with Crippen molar-refractivity contribution >= 4 is 11.6 Å². The Morgan fingerprint density at radius 3 is 1.80 bits per heavy atom. The predicted octanol–water partition coefficient (Wildman–Crippen LogP) is 7.77. The summed E-state index contributed by atoms with van der Waals surface area (Å²) in [6, 6.07) is 41.6. The largest absolute Gasteiger partial charge is 0.393 e. The third kappa shape index (κ3) is 7.21. The fraction of sp³-hybridized carbons (Fsp3) is 0.268. The fourth-order valence-electron chi connectivity index (χ4n) is 6.68. The second-order valence-corrected chi connectivity index (χ2v) is 13.0. The highest BCUT2D eigenvalue weighted by molar-refractivity contribution is 6.30. The predicted molar refractivity (Wildman–Crippen MR) is 184 cm³/mol. The third-order valence-electron chi connectivity index (χ3n) is 9.23. The number of ether oxygens (including phenoxy) is 5. The second-order valence-electron chi connectivity index (χ2n) is 12.6. The van der Waals surface area contributed by atoms with Crippen molar-refractivity contribution in [2.24, 2.45) is 0 Å². The molecule has 0 aromatic heterocycles. The van der Waals surface area contributed by atoms with Gasteiger partial charge in [-0.25, -0.2) is 4.39 Å². The minimum Gasteiger partial charge on any atom is -0.393 e. The molecule has 2 heterocycles. The van der Waals surface area contributed by atoms with Crippen LogP contribution in [0.3, 0.4) is 0 Å². The molecule has 5 aromatic rings. The molecule has 2 aliphatic rings. The van der Waals surface area contributed by atoms with Crippen LogP contribution in [0, 0.1) is 5.82 Å². The highest BCUT2D eigenvalue weighted by Crippen LogP contribution is 2.53. The smallest absolute Gasteiger partial charge is 0.225 e. The first-order valence-corrected chi connectivity index (χ1v) is 16.8. The number of fused-ring (bicyclic) bond motifs is 2. The van der Waals surface area contributed by atoms with Crippen molar-refractivity contribution < 1.29 is 33.2 Å². The lowest BCUT2D eigenvalue weighted by Gasteiger charge is -2.50. The van der Waals surface area contributed by atoms with Crippen molar-refractivity contribution in [3.8, 4) is 0 Å². The Balaban J connectivity index is 1.30. The van der Waals surface area contributed by atoms with E-state index in [0.717, 1.165) is 22.3 Å². The van der Waals surface area contributed by atoms with Crippen LogP contribution < -0.4 is 0 Å². The molecule has 6 nitrogen and oxygen atoms in total. The van der Waals surface area contributed by atoms with Crippen LogP contribution in [0.1, 0.15) is 33.4 Å². The summed E-state index contributed by atoms with van der Waals surface area (Å²) in [5, 5.41) is 11.7. The second kappa shape index (κ2) is 14.9.